The molecule has 0 saturated carbocycles. The molecule has 152 valence electrons. The van der Waals surface area contributed by atoms with Crippen LogP contribution >= 0.6 is 0 Å². The van der Waals surface area contributed by atoms with E-state index >= 15 is 0 Å². The Kier molecular flexibility index (Phi) is 8.77. The summed E-state index contributed by atoms with van der Waals surface area (Å²) in [4.78, 5) is 4.94. The van der Waals surface area contributed by atoms with E-state index in [4.69, 9.17) is 4.98 Å². The first-order valence-electron chi connectivity index (χ1n) is 10.3. The van der Waals surface area contributed by atoms with Crippen LogP contribution in [0.4, 0.5) is 0 Å². The Morgan fingerprint density at radius 3 is 2.17 bits per heavy atom. The van der Waals surface area contributed by atoms with Gasteiger partial charge in [0.05, 0.1) is 5.52 Å². The van der Waals surface area contributed by atoms with Crippen LogP contribution < -0.4 is 0 Å². The zero-order chi connectivity index (χ0) is 21.9. The molecule has 30 heavy (non-hydrogen) atoms. The highest BCUT2D eigenvalue weighted by Gasteiger charge is 2.16. The third-order valence-electron chi connectivity index (χ3n) is 4.73. The number of rotatable bonds is 6. The van der Waals surface area contributed by atoms with Crippen molar-refractivity contribution in [2.75, 3.05) is 0 Å². The Morgan fingerprint density at radius 2 is 1.57 bits per heavy atom. The van der Waals surface area contributed by atoms with Gasteiger partial charge in [0, 0.05) is 22.2 Å². The molecule has 0 aliphatic heterocycles. The number of allylic oxidation sites excluding steroid dienone is 7. The number of fused-ring (bicyclic) bond motifs is 1. The highest BCUT2D eigenvalue weighted by molar-refractivity contribution is 6.02. The zero-order valence-electron chi connectivity index (χ0n) is 18.4. The fourth-order valence-corrected chi connectivity index (χ4v) is 3.33. The number of aromatic nitrogens is 1. The summed E-state index contributed by atoms with van der Waals surface area (Å²) < 4.78 is 0. The molecule has 0 unspecified atom stereocenters. The molecule has 0 fully saturated rings. The van der Waals surface area contributed by atoms with E-state index in [-0.39, 0.29) is 0 Å². The highest BCUT2D eigenvalue weighted by Crippen LogP contribution is 2.37. The Morgan fingerprint density at radius 1 is 0.933 bits per heavy atom. The Hall–Kier alpha value is -3.45. The standard InChI is InChI=1S/C26H25N.C3H6/c1-5-20(6-2)18-17-19(4)25-23(7-3)27-24-16-12-11-15-22(24)26(25)21-13-9-8-10-14-21;1-3-2/h5-6,8-18H,1,4,7H2,2-3H3;3H,1H2,2H3/b18-17+,20-6+;. The van der Waals surface area contributed by atoms with Gasteiger partial charge in [-0.2, -0.15) is 0 Å². The van der Waals surface area contributed by atoms with Gasteiger partial charge in [-0.25, -0.2) is 0 Å². The van der Waals surface area contributed by atoms with Crippen molar-refractivity contribution in [3.05, 3.63) is 122 Å². The predicted octanol–water partition coefficient (Wildman–Crippen LogP) is 8.36. The molecule has 1 aromatic heterocycles. The molecule has 0 saturated heterocycles. The number of pyridine rings is 1. The molecule has 0 atom stereocenters. The van der Waals surface area contributed by atoms with Gasteiger partial charge in [-0.15, -0.1) is 6.58 Å². The van der Waals surface area contributed by atoms with E-state index in [1.165, 1.54) is 11.1 Å². The molecule has 0 aliphatic carbocycles. The van der Waals surface area contributed by atoms with Crippen molar-refractivity contribution in [1.29, 1.82) is 0 Å². The lowest BCUT2D eigenvalue weighted by molar-refractivity contribution is 1.05. The van der Waals surface area contributed by atoms with E-state index in [0.717, 1.165) is 39.7 Å². The topological polar surface area (TPSA) is 12.9 Å². The summed E-state index contributed by atoms with van der Waals surface area (Å²) >= 11 is 0. The fourth-order valence-electron chi connectivity index (χ4n) is 3.33. The van der Waals surface area contributed by atoms with E-state index in [1.54, 1.807) is 6.08 Å². The average Bonchev–Trinajstić information content (AvgIpc) is 2.79. The van der Waals surface area contributed by atoms with Crippen LogP contribution in [0.3, 0.4) is 0 Å². The maximum atomic E-state index is 4.94. The second-order valence-corrected chi connectivity index (χ2v) is 6.80. The summed E-state index contributed by atoms with van der Waals surface area (Å²) in [6, 6.07) is 18.9. The Balaban J connectivity index is 0.00000101. The minimum absolute atomic E-state index is 0.852. The molecular formula is C29H31N. The van der Waals surface area contributed by atoms with Crippen molar-refractivity contribution in [2.24, 2.45) is 0 Å². The molecule has 1 heteroatoms. The maximum absolute atomic E-state index is 4.94. The third kappa shape index (κ3) is 5.33. The molecule has 3 aromatic rings. The molecule has 0 spiro atoms. The second-order valence-electron chi connectivity index (χ2n) is 6.80. The van der Waals surface area contributed by atoms with E-state index in [9.17, 15) is 0 Å². The second kappa shape index (κ2) is 11.5. The number of hydrogen-bond acceptors (Lipinski definition) is 1. The highest BCUT2D eigenvalue weighted by atomic mass is 14.7. The molecule has 3 rings (SSSR count). The van der Waals surface area contributed by atoms with Crippen LogP contribution in [-0.4, -0.2) is 4.98 Å². The number of nitrogens with zero attached hydrogens (tertiary/aromatic N) is 1. The van der Waals surface area contributed by atoms with Gasteiger partial charge in [0.15, 0.2) is 0 Å². The predicted molar refractivity (Wildman–Crippen MR) is 135 cm³/mol. The molecular weight excluding hydrogens is 362 g/mol. The molecule has 2 aromatic carbocycles. The van der Waals surface area contributed by atoms with E-state index in [0.29, 0.717) is 0 Å². The smallest absolute Gasteiger partial charge is 0.0712 e. The maximum Gasteiger partial charge on any atom is 0.0712 e. The van der Waals surface area contributed by atoms with E-state index in [1.807, 2.05) is 38.1 Å². The largest absolute Gasteiger partial charge is 0.252 e. The first kappa shape index (κ1) is 22.8. The van der Waals surface area contributed by atoms with Crippen LogP contribution in [0.2, 0.25) is 0 Å². The lowest BCUT2D eigenvalue weighted by Gasteiger charge is -2.17. The molecule has 0 amide bonds. The number of aryl methyl sites for hydroxylation is 1. The van der Waals surface area contributed by atoms with Gasteiger partial charge in [-0.3, -0.25) is 4.98 Å². The van der Waals surface area contributed by atoms with Gasteiger partial charge in [0.1, 0.15) is 0 Å². The van der Waals surface area contributed by atoms with E-state index < -0.39 is 0 Å². The lowest BCUT2D eigenvalue weighted by atomic mass is 9.89. The number of benzene rings is 2. The number of para-hydroxylation sites is 1. The normalized spacial score (nSPS) is 11.1. The third-order valence-corrected chi connectivity index (χ3v) is 4.73. The molecule has 0 bridgehead atoms. The minimum atomic E-state index is 0.852. The molecule has 0 N–H and O–H groups in total. The minimum Gasteiger partial charge on any atom is -0.252 e. The SMILES string of the molecule is C=CC.C=CC(/C=C/C(=C)c1c(CC)nc2ccccc2c1-c1ccccc1)=C\C. The van der Waals surface area contributed by atoms with Crippen molar-refractivity contribution < 1.29 is 0 Å². The lowest BCUT2D eigenvalue weighted by Crippen LogP contribution is -2.00. The van der Waals surface area contributed by atoms with E-state index in [2.05, 4.69) is 81.3 Å². The van der Waals surface area contributed by atoms with Crippen LogP contribution in [0, 0.1) is 0 Å². The van der Waals surface area contributed by atoms with Gasteiger partial charge < -0.3 is 0 Å². The molecule has 1 heterocycles. The number of hydrogen-bond donors (Lipinski definition) is 0. The molecule has 0 aliphatic rings. The van der Waals surface area contributed by atoms with Crippen molar-refractivity contribution in [2.45, 2.75) is 27.2 Å². The van der Waals surface area contributed by atoms with Crippen molar-refractivity contribution in [3.8, 4) is 11.1 Å². The van der Waals surface area contributed by atoms with Crippen LogP contribution in [0.25, 0.3) is 27.6 Å². The van der Waals surface area contributed by atoms with Gasteiger partial charge >= 0.3 is 0 Å². The van der Waals surface area contributed by atoms with Gasteiger partial charge in [-0.05, 0) is 43.0 Å². The van der Waals surface area contributed by atoms with Crippen molar-refractivity contribution in [1.82, 2.24) is 4.98 Å². The molecule has 1 nitrogen and oxygen atoms in total. The van der Waals surface area contributed by atoms with Gasteiger partial charge in [0.25, 0.3) is 0 Å². The average molecular weight is 394 g/mol. The summed E-state index contributed by atoms with van der Waals surface area (Å²) in [5, 5.41) is 1.15. The Labute approximate surface area is 181 Å². The zero-order valence-corrected chi connectivity index (χ0v) is 18.4. The summed E-state index contributed by atoms with van der Waals surface area (Å²) in [6.45, 7) is 17.6. The summed E-state index contributed by atoms with van der Waals surface area (Å²) in [7, 11) is 0. The summed E-state index contributed by atoms with van der Waals surface area (Å²) in [5.74, 6) is 0. The quantitative estimate of drug-likeness (QED) is 0.303. The first-order valence-corrected chi connectivity index (χ1v) is 10.3. The van der Waals surface area contributed by atoms with Gasteiger partial charge in [0.2, 0.25) is 0 Å². The molecule has 0 radical (unpaired) electrons. The van der Waals surface area contributed by atoms with Crippen LogP contribution in [0.15, 0.2) is 110 Å². The van der Waals surface area contributed by atoms with Crippen molar-refractivity contribution in [3.63, 3.8) is 0 Å². The summed E-state index contributed by atoms with van der Waals surface area (Å²) in [6.07, 6.45) is 10.6. The van der Waals surface area contributed by atoms with Crippen LogP contribution in [-0.2, 0) is 6.42 Å². The van der Waals surface area contributed by atoms with Gasteiger partial charge in [-0.1, -0.05) is 99.0 Å². The van der Waals surface area contributed by atoms with Crippen LogP contribution in [0.1, 0.15) is 32.0 Å². The summed E-state index contributed by atoms with van der Waals surface area (Å²) in [5.41, 5.74) is 7.64. The van der Waals surface area contributed by atoms with Crippen molar-refractivity contribution >= 4 is 16.5 Å². The monoisotopic (exact) mass is 393 g/mol. The first-order chi connectivity index (χ1) is 14.6. The van der Waals surface area contributed by atoms with Crippen LogP contribution in [0.5, 0.6) is 0 Å². The fraction of sp³-hybridized carbons (Fsp3) is 0.138. The Bertz CT molecular complexity index is 1080.